The first kappa shape index (κ1) is 16.1. The summed E-state index contributed by atoms with van der Waals surface area (Å²) >= 11 is 0. The van der Waals surface area contributed by atoms with Gasteiger partial charge in [-0.05, 0) is 18.6 Å². The lowest BCUT2D eigenvalue weighted by atomic mass is 10.1. The average Bonchev–Trinajstić information content (AvgIpc) is 2.41. The summed E-state index contributed by atoms with van der Waals surface area (Å²) in [4.78, 5) is 10.8. The number of rotatable bonds is 9. The maximum Gasteiger partial charge on any atom is 0.335 e. The van der Waals surface area contributed by atoms with Gasteiger partial charge in [0.1, 0.15) is 0 Å². The summed E-state index contributed by atoms with van der Waals surface area (Å²) in [6.07, 6.45) is 6.65. The molecule has 0 spiro atoms. The van der Waals surface area contributed by atoms with E-state index in [0.29, 0.717) is 6.61 Å². The van der Waals surface area contributed by atoms with Gasteiger partial charge in [-0.1, -0.05) is 39.0 Å². The van der Waals surface area contributed by atoms with Crippen LogP contribution in [0.2, 0.25) is 0 Å². The Balaban J connectivity index is 2.45. The number of phenols is 2. The van der Waals surface area contributed by atoms with Crippen molar-refractivity contribution in [2.45, 2.75) is 45.4 Å². The quantitative estimate of drug-likeness (QED) is 0.476. The minimum Gasteiger partial charge on any atom is -0.504 e. The molecule has 0 aliphatic carbocycles. The molecule has 1 aromatic rings. The van der Waals surface area contributed by atoms with Crippen molar-refractivity contribution in [1.82, 2.24) is 0 Å². The number of carboxylic acid groups (broad SMARTS) is 1. The lowest BCUT2D eigenvalue weighted by Gasteiger charge is -2.10. The number of aromatic carboxylic acids is 1. The van der Waals surface area contributed by atoms with Crippen LogP contribution in [0.5, 0.6) is 17.2 Å². The van der Waals surface area contributed by atoms with Gasteiger partial charge in [0.15, 0.2) is 11.5 Å². The van der Waals surface area contributed by atoms with Gasteiger partial charge in [-0.25, -0.2) is 4.79 Å². The predicted octanol–water partition coefficient (Wildman–Crippen LogP) is 3.54. The topological polar surface area (TPSA) is 87.0 Å². The van der Waals surface area contributed by atoms with Crippen molar-refractivity contribution in [3.05, 3.63) is 17.7 Å². The van der Waals surface area contributed by atoms with Crippen LogP contribution in [-0.4, -0.2) is 27.9 Å². The zero-order valence-corrected chi connectivity index (χ0v) is 11.8. The molecule has 3 N–H and O–H groups in total. The van der Waals surface area contributed by atoms with Crippen LogP contribution in [0.1, 0.15) is 55.8 Å². The fourth-order valence-corrected chi connectivity index (χ4v) is 1.89. The van der Waals surface area contributed by atoms with E-state index >= 15 is 0 Å². The molecule has 20 heavy (non-hydrogen) atoms. The summed E-state index contributed by atoms with van der Waals surface area (Å²) in [6.45, 7) is 2.55. The fraction of sp³-hybridized carbons (Fsp3) is 0.533. The molecule has 1 rings (SSSR count). The first-order valence-electron chi connectivity index (χ1n) is 6.98. The van der Waals surface area contributed by atoms with Gasteiger partial charge in [0.25, 0.3) is 0 Å². The lowest BCUT2D eigenvalue weighted by molar-refractivity contribution is 0.0695. The number of unbranched alkanes of at least 4 members (excludes halogenated alkanes) is 5. The Morgan fingerprint density at radius 2 is 1.75 bits per heavy atom. The standard InChI is InChI=1S/C15H22O5/c1-2-3-4-5-6-7-8-20-13-10-11(15(18)19)9-12(16)14(13)17/h9-10,16-17H,2-8H2,1H3,(H,18,19). The number of benzene rings is 1. The molecule has 0 saturated heterocycles. The van der Waals surface area contributed by atoms with E-state index in [1.54, 1.807) is 0 Å². The second-order valence-electron chi connectivity index (χ2n) is 4.76. The van der Waals surface area contributed by atoms with Crippen LogP contribution in [0.25, 0.3) is 0 Å². The molecule has 0 aliphatic heterocycles. The van der Waals surface area contributed by atoms with Gasteiger partial charge >= 0.3 is 5.97 Å². The van der Waals surface area contributed by atoms with Crippen LogP contribution in [0, 0.1) is 0 Å². The van der Waals surface area contributed by atoms with Gasteiger partial charge in [0, 0.05) is 0 Å². The molecule has 0 aliphatic rings. The van der Waals surface area contributed by atoms with Crippen LogP contribution in [0.3, 0.4) is 0 Å². The molecule has 5 nitrogen and oxygen atoms in total. The summed E-state index contributed by atoms with van der Waals surface area (Å²) in [5, 5.41) is 27.9. The number of hydrogen-bond acceptors (Lipinski definition) is 4. The van der Waals surface area contributed by atoms with Gasteiger partial charge in [-0.2, -0.15) is 0 Å². The van der Waals surface area contributed by atoms with Crippen molar-refractivity contribution in [2.24, 2.45) is 0 Å². The summed E-state index contributed by atoms with van der Waals surface area (Å²) in [6, 6.07) is 2.21. The Hall–Kier alpha value is -1.91. The number of hydrogen-bond donors (Lipinski definition) is 3. The van der Waals surface area contributed by atoms with Gasteiger partial charge in [-0.3, -0.25) is 0 Å². The molecule has 0 saturated carbocycles. The highest BCUT2D eigenvalue weighted by Gasteiger charge is 2.14. The molecule has 0 fully saturated rings. The van der Waals surface area contributed by atoms with Crippen molar-refractivity contribution >= 4 is 5.97 Å². The van der Waals surface area contributed by atoms with Crippen molar-refractivity contribution in [1.29, 1.82) is 0 Å². The summed E-state index contributed by atoms with van der Waals surface area (Å²) in [5.74, 6) is -2.07. The van der Waals surface area contributed by atoms with Gasteiger partial charge in [-0.15, -0.1) is 0 Å². The van der Waals surface area contributed by atoms with Crippen LogP contribution in [0.4, 0.5) is 0 Å². The van der Waals surface area contributed by atoms with Gasteiger partial charge in [0.05, 0.1) is 12.2 Å². The molecule has 0 bridgehead atoms. The molecule has 112 valence electrons. The number of phenolic OH excluding ortho intramolecular Hbond substituents is 2. The number of aromatic hydroxyl groups is 2. The number of carboxylic acids is 1. The molecule has 5 heteroatoms. The van der Waals surface area contributed by atoms with Gasteiger partial charge in [0.2, 0.25) is 5.75 Å². The number of carbonyl (C=O) groups is 1. The van der Waals surface area contributed by atoms with Gasteiger partial charge < -0.3 is 20.1 Å². The molecule has 0 unspecified atom stereocenters. The summed E-state index contributed by atoms with van der Waals surface area (Å²) in [5.41, 5.74) is -0.113. The zero-order chi connectivity index (χ0) is 15.0. The lowest BCUT2D eigenvalue weighted by Crippen LogP contribution is -2.01. The van der Waals surface area contributed by atoms with Crippen molar-refractivity contribution in [3.63, 3.8) is 0 Å². The van der Waals surface area contributed by atoms with E-state index in [0.717, 1.165) is 25.3 Å². The SMILES string of the molecule is CCCCCCCCOc1cc(C(=O)O)cc(O)c1O. The highest BCUT2D eigenvalue weighted by Crippen LogP contribution is 2.36. The first-order chi connectivity index (χ1) is 9.56. The minimum absolute atomic E-state index is 0.0101. The van der Waals surface area contributed by atoms with Crippen LogP contribution >= 0.6 is 0 Å². The Bertz CT molecular complexity index is 442. The average molecular weight is 282 g/mol. The Labute approximate surface area is 118 Å². The van der Waals surface area contributed by atoms with Crippen molar-refractivity contribution in [2.75, 3.05) is 6.61 Å². The molecule has 0 atom stereocenters. The smallest absolute Gasteiger partial charge is 0.335 e. The molecule has 0 radical (unpaired) electrons. The maximum absolute atomic E-state index is 10.8. The van der Waals surface area contributed by atoms with E-state index in [1.807, 2.05) is 0 Å². The van der Waals surface area contributed by atoms with Crippen molar-refractivity contribution < 1.29 is 24.9 Å². The van der Waals surface area contributed by atoms with Crippen LogP contribution in [0.15, 0.2) is 12.1 Å². The Morgan fingerprint density at radius 1 is 1.10 bits per heavy atom. The molecule has 0 aromatic heterocycles. The zero-order valence-electron chi connectivity index (χ0n) is 11.8. The number of ether oxygens (including phenoxy) is 1. The summed E-state index contributed by atoms with van der Waals surface area (Å²) < 4.78 is 5.34. The van der Waals surface area contributed by atoms with E-state index in [2.05, 4.69) is 6.92 Å². The first-order valence-corrected chi connectivity index (χ1v) is 6.98. The third-order valence-corrected chi connectivity index (χ3v) is 3.06. The third kappa shape index (κ3) is 4.99. The molecule has 0 heterocycles. The summed E-state index contributed by atoms with van der Waals surface area (Å²) in [7, 11) is 0. The van der Waals surface area contributed by atoms with E-state index in [9.17, 15) is 15.0 Å². The Kier molecular flexibility index (Phi) is 6.70. The molecule has 0 amide bonds. The normalized spacial score (nSPS) is 10.4. The monoisotopic (exact) mass is 282 g/mol. The fourth-order valence-electron chi connectivity index (χ4n) is 1.89. The predicted molar refractivity (Wildman–Crippen MR) is 75.6 cm³/mol. The largest absolute Gasteiger partial charge is 0.504 e. The van der Waals surface area contributed by atoms with E-state index in [1.165, 1.54) is 25.3 Å². The van der Waals surface area contributed by atoms with E-state index < -0.39 is 17.5 Å². The minimum atomic E-state index is -1.18. The maximum atomic E-state index is 10.8. The second kappa shape index (κ2) is 8.30. The Morgan fingerprint density at radius 3 is 2.40 bits per heavy atom. The third-order valence-electron chi connectivity index (χ3n) is 3.06. The van der Waals surface area contributed by atoms with Crippen molar-refractivity contribution in [3.8, 4) is 17.2 Å². The van der Waals surface area contributed by atoms with Crippen LogP contribution < -0.4 is 4.74 Å². The molecular weight excluding hydrogens is 260 g/mol. The molecular formula is C15H22O5. The highest BCUT2D eigenvalue weighted by molar-refractivity contribution is 5.89. The highest BCUT2D eigenvalue weighted by atomic mass is 16.5. The molecule has 1 aromatic carbocycles. The second-order valence-corrected chi connectivity index (χ2v) is 4.76. The van der Waals surface area contributed by atoms with Crippen LogP contribution in [-0.2, 0) is 0 Å². The van der Waals surface area contributed by atoms with E-state index in [4.69, 9.17) is 9.84 Å². The van der Waals surface area contributed by atoms with E-state index in [-0.39, 0.29) is 11.3 Å².